The van der Waals surface area contributed by atoms with Crippen molar-refractivity contribution in [1.29, 1.82) is 0 Å². The van der Waals surface area contributed by atoms with Gasteiger partial charge in [0.2, 0.25) is 0 Å². The average Bonchev–Trinajstić information content (AvgIpc) is 3.23. The fourth-order valence-electron chi connectivity index (χ4n) is 8.09. The number of ether oxygens (including phenoxy) is 3. The quantitative estimate of drug-likeness (QED) is 0.0345. The minimum absolute atomic E-state index is 0.0618. The molecule has 6 nitrogen and oxygen atoms in total. The molecule has 0 aliphatic rings. The van der Waals surface area contributed by atoms with Crippen molar-refractivity contribution >= 4 is 17.9 Å². The van der Waals surface area contributed by atoms with Crippen LogP contribution < -0.4 is 0 Å². The molecule has 0 aromatic rings. The molecule has 0 fully saturated rings. The van der Waals surface area contributed by atoms with E-state index in [2.05, 4.69) is 20.8 Å². The van der Waals surface area contributed by atoms with E-state index in [1.54, 1.807) is 0 Å². The predicted molar refractivity (Wildman–Crippen MR) is 252 cm³/mol. The Labute approximate surface area is 368 Å². The molecule has 0 heterocycles. The molecule has 59 heavy (non-hydrogen) atoms. The van der Waals surface area contributed by atoms with Crippen LogP contribution in [0.3, 0.4) is 0 Å². The van der Waals surface area contributed by atoms with Crippen molar-refractivity contribution in [3.63, 3.8) is 0 Å². The lowest BCUT2D eigenvalue weighted by Crippen LogP contribution is -2.30. The molecule has 0 bridgehead atoms. The third kappa shape index (κ3) is 47.3. The zero-order valence-electron chi connectivity index (χ0n) is 40.1. The highest BCUT2D eigenvalue weighted by Crippen LogP contribution is 2.17. The van der Waals surface area contributed by atoms with Gasteiger partial charge in [-0.05, 0) is 19.3 Å². The second kappa shape index (κ2) is 49.1. The van der Waals surface area contributed by atoms with Crippen LogP contribution in [-0.2, 0) is 28.6 Å². The van der Waals surface area contributed by atoms with Crippen molar-refractivity contribution in [3.8, 4) is 0 Å². The third-order valence-corrected chi connectivity index (χ3v) is 12.1. The third-order valence-electron chi connectivity index (χ3n) is 12.1. The molecule has 0 saturated carbocycles. The Morgan fingerprint density at radius 2 is 0.458 bits per heavy atom. The minimum atomic E-state index is -0.759. The van der Waals surface area contributed by atoms with Crippen molar-refractivity contribution in [3.05, 3.63) is 0 Å². The molecule has 0 unspecified atom stereocenters. The summed E-state index contributed by atoms with van der Waals surface area (Å²) in [7, 11) is 0. The molecule has 0 saturated heterocycles. The van der Waals surface area contributed by atoms with Gasteiger partial charge in [-0.2, -0.15) is 0 Å². The summed E-state index contributed by atoms with van der Waals surface area (Å²) in [5.74, 6) is -0.842. The molecule has 0 spiro atoms. The highest BCUT2D eigenvalue weighted by molar-refractivity contribution is 5.71. The first kappa shape index (κ1) is 57.4. The van der Waals surface area contributed by atoms with Crippen LogP contribution in [0.4, 0.5) is 0 Å². The van der Waals surface area contributed by atoms with E-state index in [0.29, 0.717) is 19.3 Å². The highest BCUT2D eigenvalue weighted by atomic mass is 16.6. The Balaban J connectivity index is 4.21. The van der Waals surface area contributed by atoms with E-state index in [-0.39, 0.29) is 31.1 Å². The fourth-order valence-corrected chi connectivity index (χ4v) is 8.09. The minimum Gasteiger partial charge on any atom is -0.462 e. The first-order valence-electron chi connectivity index (χ1n) is 26.5. The van der Waals surface area contributed by atoms with Crippen LogP contribution in [0.1, 0.15) is 303 Å². The zero-order chi connectivity index (χ0) is 43.0. The molecular formula is C53H102O6. The number of unbranched alkanes of at least 4 members (excludes halogenated alkanes) is 38. The first-order valence-corrected chi connectivity index (χ1v) is 26.5. The summed E-state index contributed by atoms with van der Waals surface area (Å²) < 4.78 is 16.8. The molecule has 350 valence electrons. The van der Waals surface area contributed by atoms with Gasteiger partial charge in [0.15, 0.2) is 6.10 Å². The molecule has 0 aromatic carbocycles. The highest BCUT2D eigenvalue weighted by Gasteiger charge is 2.19. The van der Waals surface area contributed by atoms with Crippen molar-refractivity contribution in [2.75, 3.05) is 13.2 Å². The van der Waals surface area contributed by atoms with Crippen LogP contribution in [0.5, 0.6) is 0 Å². The average molecular weight is 835 g/mol. The standard InChI is InChI=1S/C53H102O6/c1-4-7-10-13-16-19-22-23-24-25-26-27-28-29-32-34-37-40-43-46-52(55)58-49-50(59-53(56)47-44-41-38-35-31-21-18-15-12-9-6-3)48-57-51(54)45-42-39-36-33-30-20-17-14-11-8-5-2/h50H,4-49H2,1-3H3/t50-/m0/s1. The van der Waals surface area contributed by atoms with Crippen molar-refractivity contribution in [2.45, 2.75) is 309 Å². The largest absolute Gasteiger partial charge is 0.462 e. The van der Waals surface area contributed by atoms with Gasteiger partial charge in [-0.3, -0.25) is 14.4 Å². The van der Waals surface area contributed by atoms with Crippen molar-refractivity contribution in [2.24, 2.45) is 0 Å². The van der Waals surface area contributed by atoms with E-state index >= 15 is 0 Å². The Morgan fingerprint density at radius 1 is 0.271 bits per heavy atom. The van der Waals surface area contributed by atoms with Gasteiger partial charge in [0.25, 0.3) is 0 Å². The predicted octanol–water partition coefficient (Wildman–Crippen LogP) is 17.2. The molecule has 0 amide bonds. The molecule has 1 atom stereocenters. The summed E-state index contributed by atoms with van der Waals surface area (Å²) in [5.41, 5.74) is 0. The summed E-state index contributed by atoms with van der Waals surface area (Å²) in [5, 5.41) is 0. The van der Waals surface area contributed by atoms with Crippen LogP contribution in [0.2, 0.25) is 0 Å². The van der Waals surface area contributed by atoms with Crippen molar-refractivity contribution < 1.29 is 28.6 Å². The SMILES string of the molecule is CCCCCCCCCCCCCCCCCCCCCC(=O)OC[C@H](COC(=O)CCCCCCCCCCCCC)OC(=O)CCCCCCCCCCCCC. The van der Waals surface area contributed by atoms with Gasteiger partial charge in [-0.25, -0.2) is 0 Å². The van der Waals surface area contributed by atoms with E-state index in [0.717, 1.165) is 57.8 Å². The molecule has 0 aliphatic heterocycles. The fraction of sp³-hybridized carbons (Fsp3) is 0.943. The topological polar surface area (TPSA) is 78.9 Å². The molecule has 0 aromatic heterocycles. The number of hydrogen-bond donors (Lipinski definition) is 0. The monoisotopic (exact) mass is 835 g/mol. The first-order chi connectivity index (χ1) is 29.0. The molecule has 6 heteroatoms. The number of carbonyl (C=O) groups is 3. The number of hydrogen-bond acceptors (Lipinski definition) is 6. The molecular weight excluding hydrogens is 733 g/mol. The Morgan fingerprint density at radius 3 is 0.678 bits per heavy atom. The normalized spacial score (nSPS) is 11.8. The summed E-state index contributed by atoms with van der Waals surface area (Å²) in [6, 6.07) is 0. The van der Waals surface area contributed by atoms with E-state index in [9.17, 15) is 14.4 Å². The molecule has 0 aliphatic carbocycles. The molecule has 0 N–H and O–H groups in total. The lowest BCUT2D eigenvalue weighted by Gasteiger charge is -2.18. The maximum Gasteiger partial charge on any atom is 0.306 e. The van der Waals surface area contributed by atoms with Gasteiger partial charge in [0.1, 0.15) is 13.2 Å². The van der Waals surface area contributed by atoms with Gasteiger partial charge in [0.05, 0.1) is 0 Å². The lowest BCUT2D eigenvalue weighted by atomic mass is 10.0. The molecule has 0 rings (SSSR count). The number of esters is 3. The summed E-state index contributed by atoms with van der Waals surface area (Å²) in [4.78, 5) is 37.9. The van der Waals surface area contributed by atoms with Crippen LogP contribution >= 0.6 is 0 Å². The Kier molecular flexibility index (Phi) is 47.7. The lowest BCUT2D eigenvalue weighted by molar-refractivity contribution is -0.167. The van der Waals surface area contributed by atoms with Crippen LogP contribution in [0, 0.1) is 0 Å². The summed E-state index contributed by atoms with van der Waals surface area (Å²) in [6.45, 7) is 6.67. The second-order valence-corrected chi connectivity index (χ2v) is 18.2. The Hall–Kier alpha value is -1.59. The maximum absolute atomic E-state index is 12.7. The van der Waals surface area contributed by atoms with E-state index in [1.807, 2.05) is 0 Å². The van der Waals surface area contributed by atoms with Crippen LogP contribution in [-0.4, -0.2) is 37.2 Å². The van der Waals surface area contributed by atoms with Crippen LogP contribution in [0.25, 0.3) is 0 Å². The van der Waals surface area contributed by atoms with Gasteiger partial charge >= 0.3 is 17.9 Å². The zero-order valence-corrected chi connectivity index (χ0v) is 40.1. The maximum atomic E-state index is 12.7. The second-order valence-electron chi connectivity index (χ2n) is 18.2. The van der Waals surface area contributed by atoms with Gasteiger partial charge in [-0.1, -0.05) is 265 Å². The van der Waals surface area contributed by atoms with Crippen LogP contribution in [0.15, 0.2) is 0 Å². The van der Waals surface area contributed by atoms with Crippen molar-refractivity contribution in [1.82, 2.24) is 0 Å². The van der Waals surface area contributed by atoms with Gasteiger partial charge in [-0.15, -0.1) is 0 Å². The van der Waals surface area contributed by atoms with E-state index in [4.69, 9.17) is 14.2 Å². The van der Waals surface area contributed by atoms with Gasteiger partial charge < -0.3 is 14.2 Å². The summed E-state index contributed by atoms with van der Waals surface area (Å²) in [6.07, 6.45) is 52.3. The van der Waals surface area contributed by atoms with Gasteiger partial charge in [0, 0.05) is 19.3 Å². The van der Waals surface area contributed by atoms with E-state index < -0.39 is 6.10 Å². The van der Waals surface area contributed by atoms with E-state index in [1.165, 1.54) is 205 Å². The number of rotatable bonds is 49. The summed E-state index contributed by atoms with van der Waals surface area (Å²) >= 11 is 0. The smallest absolute Gasteiger partial charge is 0.306 e. The number of carbonyl (C=O) groups excluding carboxylic acids is 3. The molecule has 0 radical (unpaired) electrons. The Bertz CT molecular complexity index is 874.